The largest absolute Gasteiger partial charge is 0.364 e. The van der Waals surface area contributed by atoms with E-state index in [2.05, 4.69) is 10.3 Å². The van der Waals surface area contributed by atoms with Gasteiger partial charge in [-0.1, -0.05) is 12.1 Å². The maximum atomic E-state index is 14.1. The van der Waals surface area contributed by atoms with Crippen LogP contribution in [-0.4, -0.2) is 70.5 Å². The third-order valence-corrected chi connectivity index (χ3v) is 6.35. The highest BCUT2D eigenvalue weighted by Crippen LogP contribution is 2.29. The fourth-order valence-electron chi connectivity index (χ4n) is 4.58. The van der Waals surface area contributed by atoms with E-state index in [1.165, 1.54) is 14.9 Å². The summed E-state index contributed by atoms with van der Waals surface area (Å²) in [5, 5.41) is 4.74. The average Bonchev–Trinajstić information content (AvgIpc) is 3.14. The van der Waals surface area contributed by atoms with Crippen LogP contribution in [-0.2, 0) is 17.9 Å². The number of halogens is 4. The number of pyridine rings is 1. The minimum absolute atomic E-state index is 0.107. The summed E-state index contributed by atoms with van der Waals surface area (Å²) < 4.78 is 55.1. The Morgan fingerprint density at radius 2 is 1.57 bits per heavy atom. The van der Waals surface area contributed by atoms with Gasteiger partial charge < -0.3 is 4.90 Å². The fraction of sp³-hybridized carbons (Fsp3) is 0.364. The van der Waals surface area contributed by atoms with E-state index in [0.29, 0.717) is 25.2 Å². The molecule has 0 bridgehead atoms. The second-order valence-corrected chi connectivity index (χ2v) is 8.51. The molecule has 4 amide bonds. The first kappa shape index (κ1) is 23.0. The molecule has 13 heteroatoms. The van der Waals surface area contributed by atoms with Crippen LogP contribution >= 0.6 is 0 Å². The molecule has 1 N–H and O–H groups in total. The zero-order valence-corrected chi connectivity index (χ0v) is 18.4. The van der Waals surface area contributed by atoms with Crippen LogP contribution < -0.4 is 10.2 Å². The molecule has 184 valence electrons. The van der Waals surface area contributed by atoms with Crippen molar-refractivity contribution in [2.75, 3.05) is 37.6 Å². The molecule has 4 heterocycles. The Bertz CT molecular complexity index is 1210. The van der Waals surface area contributed by atoms with Crippen molar-refractivity contribution in [3.8, 4) is 0 Å². The van der Waals surface area contributed by atoms with Crippen molar-refractivity contribution < 1.29 is 31.9 Å². The van der Waals surface area contributed by atoms with Gasteiger partial charge in [0.15, 0.2) is 0 Å². The number of hydrogen-bond acceptors (Lipinski definition) is 6. The van der Waals surface area contributed by atoms with Gasteiger partial charge in [0.2, 0.25) is 17.5 Å². The summed E-state index contributed by atoms with van der Waals surface area (Å²) in [5.41, 5.74) is 1.34. The Kier molecular flexibility index (Phi) is 5.79. The van der Waals surface area contributed by atoms with E-state index in [4.69, 9.17) is 0 Å². The standard InChI is InChI=1S/C22H20F4N6O3/c23-16-18(17(24)20(26)28-19(16)25)30-7-5-29(6-8-30)10-12-1-2-14-13(9-12)11-32(21(14)34)31-4-3-15(33)27-22(31)35/h1-2,9H,3-8,10-11H2,(H,27,33,35). The number of fused-ring (bicyclic) bond motifs is 1. The van der Waals surface area contributed by atoms with Crippen LogP contribution in [0.5, 0.6) is 0 Å². The van der Waals surface area contributed by atoms with Crippen molar-refractivity contribution in [3.63, 3.8) is 0 Å². The second kappa shape index (κ2) is 8.80. The molecule has 9 nitrogen and oxygen atoms in total. The molecule has 5 rings (SSSR count). The van der Waals surface area contributed by atoms with Crippen LogP contribution in [0.2, 0.25) is 0 Å². The summed E-state index contributed by atoms with van der Waals surface area (Å²) >= 11 is 0. The van der Waals surface area contributed by atoms with E-state index in [-0.39, 0.29) is 44.4 Å². The van der Waals surface area contributed by atoms with Crippen LogP contribution in [0, 0.1) is 23.5 Å². The predicted octanol–water partition coefficient (Wildman–Crippen LogP) is 1.77. The lowest BCUT2D eigenvalue weighted by molar-refractivity contribution is -0.123. The van der Waals surface area contributed by atoms with Crippen LogP contribution in [0.25, 0.3) is 0 Å². The first-order chi connectivity index (χ1) is 16.7. The summed E-state index contributed by atoms with van der Waals surface area (Å²) in [4.78, 5) is 42.1. The van der Waals surface area contributed by atoms with Gasteiger partial charge in [0.25, 0.3) is 17.8 Å². The molecule has 3 aliphatic heterocycles. The van der Waals surface area contributed by atoms with E-state index < -0.39 is 35.2 Å². The van der Waals surface area contributed by atoms with Gasteiger partial charge in [-0.15, -0.1) is 0 Å². The van der Waals surface area contributed by atoms with Gasteiger partial charge in [0.1, 0.15) is 5.69 Å². The number of nitrogens with zero attached hydrogens (tertiary/aromatic N) is 5. The second-order valence-electron chi connectivity index (χ2n) is 8.51. The SMILES string of the molecule is O=C1CCN(N2Cc3cc(CN4CCN(c5c(F)c(F)nc(F)c5F)CC4)ccc3C2=O)C(=O)N1. The lowest BCUT2D eigenvalue weighted by Gasteiger charge is -2.36. The number of aromatic nitrogens is 1. The van der Waals surface area contributed by atoms with Crippen LogP contribution in [0.3, 0.4) is 0 Å². The van der Waals surface area contributed by atoms with Gasteiger partial charge in [-0.05, 0) is 17.2 Å². The number of anilines is 1. The predicted molar refractivity (Wildman–Crippen MR) is 113 cm³/mol. The number of urea groups is 1. The summed E-state index contributed by atoms with van der Waals surface area (Å²) in [6, 6.07) is 4.70. The highest BCUT2D eigenvalue weighted by Gasteiger charge is 2.37. The van der Waals surface area contributed by atoms with Gasteiger partial charge >= 0.3 is 6.03 Å². The molecular weight excluding hydrogens is 472 g/mol. The first-order valence-corrected chi connectivity index (χ1v) is 10.9. The Morgan fingerprint density at radius 3 is 2.23 bits per heavy atom. The van der Waals surface area contributed by atoms with Crippen molar-refractivity contribution >= 4 is 23.5 Å². The lowest BCUT2D eigenvalue weighted by Crippen LogP contribution is -2.56. The highest BCUT2D eigenvalue weighted by molar-refractivity contribution is 6.01. The maximum absolute atomic E-state index is 14.1. The molecule has 1 aromatic heterocycles. The molecule has 0 aliphatic carbocycles. The molecule has 1 aromatic carbocycles. The molecule has 0 unspecified atom stereocenters. The van der Waals surface area contributed by atoms with E-state index in [1.54, 1.807) is 12.1 Å². The molecule has 3 aliphatic rings. The number of benzene rings is 1. The number of carbonyl (C=O) groups is 3. The number of piperazine rings is 1. The Labute approximate surface area is 196 Å². The maximum Gasteiger partial charge on any atom is 0.342 e. The number of hydrogen-bond donors (Lipinski definition) is 1. The molecule has 2 aromatic rings. The Hall–Kier alpha value is -3.74. The molecule has 0 radical (unpaired) electrons. The van der Waals surface area contributed by atoms with Crippen molar-refractivity contribution in [1.29, 1.82) is 0 Å². The number of rotatable bonds is 4. The van der Waals surface area contributed by atoms with Crippen LogP contribution in [0.15, 0.2) is 18.2 Å². The van der Waals surface area contributed by atoms with E-state index in [1.807, 2.05) is 11.0 Å². The fourth-order valence-corrected chi connectivity index (χ4v) is 4.58. The van der Waals surface area contributed by atoms with Gasteiger partial charge in [-0.25, -0.2) is 14.8 Å². The normalized spacial score (nSPS) is 18.9. The number of imide groups is 1. The zero-order valence-electron chi connectivity index (χ0n) is 18.4. The van der Waals surface area contributed by atoms with Crippen molar-refractivity contribution in [2.45, 2.75) is 19.5 Å². The molecule has 0 atom stereocenters. The number of nitrogens with one attached hydrogen (secondary N) is 1. The van der Waals surface area contributed by atoms with E-state index in [0.717, 1.165) is 11.1 Å². The summed E-state index contributed by atoms with van der Waals surface area (Å²) in [7, 11) is 0. The highest BCUT2D eigenvalue weighted by atomic mass is 19.2. The number of amides is 4. The first-order valence-electron chi connectivity index (χ1n) is 10.9. The third-order valence-electron chi connectivity index (χ3n) is 6.35. The van der Waals surface area contributed by atoms with Gasteiger partial charge in [0, 0.05) is 44.7 Å². The van der Waals surface area contributed by atoms with Gasteiger partial charge in [0.05, 0.1) is 13.1 Å². The molecule has 0 saturated carbocycles. The molecule has 35 heavy (non-hydrogen) atoms. The van der Waals surface area contributed by atoms with Crippen LogP contribution in [0.1, 0.15) is 27.9 Å². The smallest absolute Gasteiger partial charge is 0.342 e. The Morgan fingerprint density at radius 1 is 0.886 bits per heavy atom. The average molecular weight is 492 g/mol. The number of hydrazine groups is 1. The number of carbonyl (C=O) groups excluding carboxylic acids is 3. The Balaban J connectivity index is 1.24. The van der Waals surface area contributed by atoms with Crippen LogP contribution in [0.4, 0.5) is 28.0 Å². The third kappa shape index (κ3) is 4.16. The molecule has 2 fully saturated rings. The quantitative estimate of drug-likeness (QED) is 0.517. The summed E-state index contributed by atoms with van der Waals surface area (Å²) in [5.74, 6) is -7.12. The minimum atomic E-state index is -1.68. The van der Waals surface area contributed by atoms with Gasteiger partial charge in [-0.3, -0.25) is 19.8 Å². The molecular formula is C22H20F4N6O3. The summed E-state index contributed by atoms with van der Waals surface area (Å²) in [6.07, 6.45) is 0.107. The summed E-state index contributed by atoms with van der Waals surface area (Å²) in [6.45, 7) is 1.86. The topological polar surface area (TPSA) is 89.1 Å². The van der Waals surface area contributed by atoms with Crippen molar-refractivity contribution in [3.05, 3.63) is 58.4 Å². The minimum Gasteiger partial charge on any atom is -0.364 e. The monoisotopic (exact) mass is 492 g/mol. The van der Waals surface area contributed by atoms with E-state index in [9.17, 15) is 31.9 Å². The molecule has 0 spiro atoms. The zero-order chi connectivity index (χ0) is 24.9. The van der Waals surface area contributed by atoms with Crippen molar-refractivity contribution in [2.24, 2.45) is 0 Å². The van der Waals surface area contributed by atoms with Gasteiger partial charge in [-0.2, -0.15) is 22.5 Å². The van der Waals surface area contributed by atoms with E-state index >= 15 is 0 Å². The molecule has 2 saturated heterocycles. The van der Waals surface area contributed by atoms with Crippen molar-refractivity contribution in [1.82, 2.24) is 25.2 Å². The lowest BCUT2D eigenvalue weighted by atomic mass is 10.1.